The Balaban J connectivity index is 1.24. The molecule has 15 heteroatoms. The van der Waals surface area contributed by atoms with Crippen LogP contribution in [0.4, 0.5) is 15.3 Å². The van der Waals surface area contributed by atoms with Crippen molar-refractivity contribution in [3.8, 4) is 5.75 Å². The van der Waals surface area contributed by atoms with Crippen molar-refractivity contribution in [2.75, 3.05) is 19.5 Å². The lowest BCUT2D eigenvalue weighted by atomic mass is 9.90. The molecule has 2 unspecified atom stereocenters. The lowest BCUT2D eigenvalue weighted by molar-refractivity contribution is -0.486. The summed E-state index contributed by atoms with van der Waals surface area (Å²) in [7, 11) is -4.12. The predicted octanol–water partition coefficient (Wildman–Crippen LogP) is 7.02. The molecule has 0 radical (unpaired) electrons. The van der Waals surface area contributed by atoms with Crippen molar-refractivity contribution in [3.05, 3.63) is 131 Å². The maximum Gasteiger partial charge on any atom is 0.518 e. The van der Waals surface area contributed by atoms with Gasteiger partial charge in [0.1, 0.15) is 29.4 Å². The highest BCUT2D eigenvalue weighted by Crippen LogP contribution is 2.63. The highest BCUT2D eigenvalue weighted by Gasteiger charge is 2.72. The summed E-state index contributed by atoms with van der Waals surface area (Å²) in [5.74, 6) is -1.00. The van der Waals surface area contributed by atoms with Gasteiger partial charge in [0.2, 0.25) is 0 Å². The number of primary amides is 1. The monoisotopic (exact) mass is 854 g/mol. The van der Waals surface area contributed by atoms with E-state index in [0.29, 0.717) is 36.1 Å². The van der Waals surface area contributed by atoms with Crippen LogP contribution >= 0.6 is 7.60 Å². The number of rotatable bonds is 15. The Kier molecular flexibility index (Phi) is 12.8. The van der Waals surface area contributed by atoms with Crippen LogP contribution in [0.2, 0.25) is 0 Å². The molecule has 6 N–H and O–H groups in total. The molecule has 2 saturated heterocycles. The standard InChI is InChI=1S/C46H56N5O9P/c1-44(2,3)59-42(52)49-37-23-22-32(26-35(37)41(47)48)29-50-38(27-31-16-9-6-10-17-31)39-40(58-45(4,5)57-39)46(28-36(46)33-18-11-7-12-19-33)51(43(50)53)24-15-25-56-30-61(54,55)60-34-20-13-8-14-21-34/h6-14,16-23,26,36,38-40H,15,24-25,27-30H2,1-5H3,(H3,47,48)(H,49,52)(H,54,55)/p+1/t36-,38-,39+,40-,46?/m1/s1. The van der Waals surface area contributed by atoms with Crippen LogP contribution in [0.25, 0.3) is 0 Å². The summed E-state index contributed by atoms with van der Waals surface area (Å²) in [4.78, 5) is 42.8. The first-order valence-corrected chi connectivity index (χ1v) is 22.4. The first-order chi connectivity index (χ1) is 28.9. The molecule has 61 heavy (non-hydrogen) atoms. The van der Waals surface area contributed by atoms with Crippen molar-refractivity contribution in [1.82, 2.24) is 9.80 Å². The number of quaternary nitrogens is 1. The molecule has 2 heterocycles. The molecule has 0 bridgehead atoms. The van der Waals surface area contributed by atoms with Gasteiger partial charge in [0.25, 0.3) is 0 Å². The number of fused-ring (bicyclic) bond motifs is 2. The minimum Gasteiger partial charge on any atom is -0.423 e. The third-order valence-electron chi connectivity index (χ3n) is 11.2. The third kappa shape index (κ3) is 10.3. The van der Waals surface area contributed by atoms with E-state index < -0.39 is 55.2 Å². The van der Waals surface area contributed by atoms with E-state index in [9.17, 15) is 14.3 Å². The second-order valence-corrected chi connectivity index (χ2v) is 19.2. The van der Waals surface area contributed by atoms with Gasteiger partial charge in [0, 0.05) is 31.7 Å². The fourth-order valence-corrected chi connectivity index (χ4v) is 9.56. The van der Waals surface area contributed by atoms with Gasteiger partial charge in [-0.15, -0.1) is 0 Å². The van der Waals surface area contributed by atoms with Crippen molar-refractivity contribution in [1.29, 1.82) is 5.41 Å². The molecule has 2 aliphatic heterocycles. The largest absolute Gasteiger partial charge is 0.518 e. The Morgan fingerprint density at radius 1 is 0.967 bits per heavy atom. The fraction of sp³-hybridized carbons (Fsp3) is 0.413. The molecule has 1 saturated carbocycles. The zero-order valence-corrected chi connectivity index (χ0v) is 36.3. The Hall–Kier alpha value is -5.08. The van der Waals surface area contributed by atoms with E-state index in [-0.39, 0.29) is 43.2 Å². The van der Waals surface area contributed by atoms with Crippen LogP contribution in [0.1, 0.15) is 75.6 Å². The first-order valence-electron chi connectivity index (χ1n) is 20.7. The van der Waals surface area contributed by atoms with Crippen LogP contribution < -0.4 is 15.6 Å². The van der Waals surface area contributed by atoms with Crippen LogP contribution in [0.15, 0.2) is 109 Å². The molecule has 4 aromatic rings. The minimum absolute atomic E-state index is 0.0650. The molecular weight excluding hydrogens is 798 g/mol. The zero-order valence-electron chi connectivity index (χ0n) is 35.4. The number of para-hydroxylation sites is 1. The summed E-state index contributed by atoms with van der Waals surface area (Å²) >= 11 is 0. The number of ether oxygens (including phenoxy) is 4. The number of benzene rings is 4. The van der Waals surface area contributed by atoms with E-state index >= 15 is 4.79 Å². The van der Waals surface area contributed by atoms with Crippen LogP contribution in [0, 0.1) is 5.41 Å². The van der Waals surface area contributed by atoms with E-state index in [1.807, 2.05) is 78.2 Å². The quantitative estimate of drug-likeness (QED) is 0.0318. The highest BCUT2D eigenvalue weighted by atomic mass is 31.2. The Morgan fingerprint density at radius 3 is 2.28 bits per heavy atom. The van der Waals surface area contributed by atoms with E-state index in [0.717, 1.165) is 11.1 Å². The van der Waals surface area contributed by atoms with Gasteiger partial charge < -0.3 is 43.9 Å². The molecule has 7 rings (SSSR count). The second-order valence-electron chi connectivity index (χ2n) is 17.4. The van der Waals surface area contributed by atoms with Gasteiger partial charge in [-0.25, -0.2) is 14.7 Å². The second kappa shape index (κ2) is 17.7. The fourth-order valence-electron chi connectivity index (χ4n) is 8.70. The first kappa shape index (κ1) is 44.0. The van der Waals surface area contributed by atoms with Crippen LogP contribution in [-0.4, -0.2) is 87.3 Å². The molecule has 3 amide bonds. The van der Waals surface area contributed by atoms with Gasteiger partial charge in [0.05, 0.1) is 17.1 Å². The maximum absolute atomic E-state index is 15.6. The van der Waals surface area contributed by atoms with E-state index in [1.165, 1.54) is 5.32 Å². The Bertz CT molecular complexity index is 2240. The van der Waals surface area contributed by atoms with Gasteiger partial charge >= 0.3 is 19.7 Å². The van der Waals surface area contributed by atoms with E-state index in [4.69, 9.17) is 34.6 Å². The van der Waals surface area contributed by atoms with E-state index in [2.05, 4.69) is 12.1 Å². The van der Waals surface area contributed by atoms with Gasteiger partial charge in [-0.05, 0) is 88.8 Å². The molecule has 1 aliphatic carbocycles. The molecule has 3 fully saturated rings. The topological polar surface area (TPSA) is 191 Å². The molecule has 6 atom stereocenters. The molecule has 1 spiro atoms. The summed E-state index contributed by atoms with van der Waals surface area (Å²) in [5, 5.41) is 9.77. The van der Waals surface area contributed by atoms with Gasteiger partial charge in [-0.3, -0.25) is 5.41 Å². The SMILES string of the molecule is CC(C)(C)OC(=O)[NH2+]c1ccc(CN2C(=O)N(CCCOCP(=O)(O)Oc3ccccc3)C3(C[C@@H]3c3ccccc3)[C@@H]3OC(C)(C)O[C@H]3[C@H]2Cc2ccccc2)cc1C(=N)N. The number of nitrogens with one attached hydrogen (secondary N) is 1. The lowest BCUT2D eigenvalue weighted by Gasteiger charge is -2.38. The molecular formula is C46H57N5O9P+. The maximum atomic E-state index is 15.6. The molecule has 0 aromatic heterocycles. The molecule has 4 aromatic carbocycles. The van der Waals surface area contributed by atoms with Crippen LogP contribution in [0.5, 0.6) is 5.75 Å². The lowest BCUT2D eigenvalue weighted by Crippen LogP contribution is -2.83. The number of hydrogen-bond donors (Lipinski definition) is 4. The summed E-state index contributed by atoms with van der Waals surface area (Å²) < 4.78 is 43.3. The molecule has 3 aliphatic rings. The smallest absolute Gasteiger partial charge is 0.423 e. The minimum atomic E-state index is -4.12. The van der Waals surface area contributed by atoms with Crippen molar-refractivity contribution in [3.63, 3.8) is 0 Å². The number of amidine groups is 1. The number of nitrogens with two attached hydrogens (primary N) is 2. The number of nitrogen functional groups attached to an aromatic ring is 1. The van der Waals surface area contributed by atoms with Gasteiger partial charge in [-0.1, -0.05) is 84.9 Å². The van der Waals surface area contributed by atoms with Crippen molar-refractivity contribution in [2.45, 2.75) is 102 Å². The number of carbonyl (C=O) groups is 2. The van der Waals surface area contributed by atoms with Crippen molar-refractivity contribution in [2.24, 2.45) is 5.73 Å². The summed E-state index contributed by atoms with van der Waals surface area (Å²) in [5.41, 5.74) is 8.16. The summed E-state index contributed by atoms with van der Waals surface area (Å²) in [6, 6.07) is 33.1. The number of carbonyl (C=O) groups excluding carboxylic acids is 2. The Morgan fingerprint density at radius 2 is 1.62 bits per heavy atom. The highest BCUT2D eigenvalue weighted by molar-refractivity contribution is 7.53. The molecule has 14 nitrogen and oxygen atoms in total. The Labute approximate surface area is 357 Å². The zero-order chi connectivity index (χ0) is 43.6. The number of amides is 3. The van der Waals surface area contributed by atoms with Crippen LogP contribution in [-0.2, 0) is 36.5 Å². The normalized spacial score (nSPS) is 24.1. The molecule has 324 valence electrons. The predicted molar refractivity (Wildman–Crippen MR) is 230 cm³/mol. The number of hydrogen-bond acceptors (Lipinski definition) is 9. The van der Waals surface area contributed by atoms with Gasteiger partial charge in [0.15, 0.2) is 17.8 Å². The summed E-state index contributed by atoms with van der Waals surface area (Å²) in [6.07, 6.45) is -0.696. The third-order valence-corrected chi connectivity index (χ3v) is 12.2. The van der Waals surface area contributed by atoms with E-state index in [1.54, 1.807) is 63.2 Å². The summed E-state index contributed by atoms with van der Waals surface area (Å²) in [6.45, 7) is 9.61. The van der Waals surface area contributed by atoms with Crippen molar-refractivity contribution >= 4 is 31.2 Å². The number of nitrogens with zero attached hydrogens (tertiary/aromatic N) is 2. The average Bonchev–Trinajstić information content (AvgIpc) is 3.87. The van der Waals surface area contributed by atoms with Crippen LogP contribution in [0.3, 0.4) is 0 Å². The number of urea groups is 1. The van der Waals surface area contributed by atoms with Gasteiger partial charge in [-0.2, -0.15) is 4.79 Å². The van der Waals surface area contributed by atoms with Crippen molar-refractivity contribution < 1.29 is 47.8 Å². The average molecular weight is 855 g/mol.